The van der Waals surface area contributed by atoms with E-state index >= 15 is 0 Å². The highest BCUT2D eigenvalue weighted by Gasteiger charge is 2.36. The molecule has 5 nitrogen and oxygen atoms in total. The summed E-state index contributed by atoms with van der Waals surface area (Å²) in [6, 6.07) is 11.3. The minimum Gasteiger partial charge on any atom is -0.462 e. The number of benzene rings is 2. The van der Waals surface area contributed by atoms with Crippen LogP contribution in [0.2, 0.25) is 0 Å². The van der Waals surface area contributed by atoms with Crippen LogP contribution in [0.4, 0.5) is 5.69 Å². The number of esters is 1. The van der Waals surface area contributed by atoms with Crippen molar-refractivity contribution in [3.63, 3.8) is 0 Å². The Bertz CT molecular complexity index is 862. The molecule has 0 atom stereocenters. The van der Waals surface area contributed by atoms with Crippen LogP contribution in [0.1, 0.15) is 50.8 Å². The zero-order valence-electron chi connectivity index (χ0n) is 13.6. The van der Waals surface area contributed by atoms with Crippen LogP contribution in [0.15, 0.2) is 46.9 Å². The lowest BCUT2D eigenvalue weighted by Crippen LogP contribution is -2.29. The van der Waals surface area contributed by atoms with Crippen molar-refractivity contribution in [1.82, 2.24) is 0 Å². The Morgan fingerprint density at radius 2 is 1.84 bits per heavy atom. The molecule has 0 N–H and O–H groups in total. The van der Waals surface area contributed by atoms with Gasteiger partial charge in [0.05, 0.1) is 29.0 Å². The van der Waals surface area contributed by atoms with Gasteiger partial charge in [-0.2, -0.15) is 0 Å². The molecule has 1 aliphatic rings. The lowest BCUT2D eigenvalue weighted by Gasteiger charge is -2.14. The third-order valence-corrected chi connectivity index (χ3v) is 4.41. The van der Waals surface area contributed by atoms with E-state index in [-0.39, 0.29) is 0 Å². The fourth-order valence-electron chi connectivity index (χ4n) is 2.61. The van der Waals surface area contributed by atoms with Gasteiger partial charge in [-0.15, -0.1) is 0 Å². The van der Waals surface area contributed by atoms with Crippen molar-refractivity contribution in [2.75, 3.05) is 11.5 Å². The van der Waals surface area contributed by atoms with Crippen molar-refractivity contribution >= 4 is 39.4 Å². The van der Waals surface area contributed by atoms with E-state index in [0.29, 0.717) is 29.0 Å². The van der Waals surface area contributed by atoms with Crippen LogP contribution in [-0.2, 0) is 4.74 Å². The highest BCUT2D eigenvalue weighted by molar-refractivity contribution is 9.10. The molecule has 2 aromatic carbocycles. The second-order valence-corrected chi connectivity index (χ2v) is 6.59. The summed E-state index contributed by atoms with van der Waals surface area (Å²) in [6.45, 7) is 2.36. The van der Waals surface area contributed by atoms with Crippen LogP contribution < -0.4 is 4.90 Å². The van der Waals surface area contributed by atoms with E-state index in [9.17, 15) is 14.4 Å². The number of ether oxygens (including phenoxy) is 1. The van der Waals surface area contributed by atoms with Gasteiger partial charge in [0.25, 0.3) is 11.8 Å². The van der Waals surface area contributed by atoms with E-state index in [0.717, 1.165) is 22.2 Å². The lowest BCUT2D eigenvalue weighted by atomic mass is 10.1. The van der Waals surface area contributed by atoms with E-state index in [2.05, 4.69) is 15.9 Å². The van der Waals surface area contributed by atoms with Crippen LogP contribution in [0.3, 0.4) is 0 Å². The van der Waals surface area contributed by atoms with E-state index in [1.807, 2.05) is 6.92 Å². The topological polar surface area (TPSA) is 63.7 Å². The molecule has 6 heteroatoms. The molecule has 25 heavy (non-hydrogen) atoms. The first-order valence-electron chi connectivity index (χ1n) is 7.98. The van der Waals surface area contributed by atoms with Crippen molar-refractivity contribution in [3.05, 3.63) is 63.6 Å². The molecule has 0 aliphatic carbocycles. The summed E-state index contributed by atoms with van der Waals surface area (Å²) in [6.07, 6.45) is 1.72. The second-order valence-electron chi connectivity index (χ2n) is 5.68. The van der Waals surface area contributed by atoms with Gasteiger partial charge in [-0.3, -0.25) is 9.59 Å². The van der Waals surface area contributed by atoms with Gasteiger partial charge in [0.1, 0.15) is 0 Å². The van der Waals surface area contributed by atoms with Gasteiger partial charge in [-0.25, -0.2) is 9.69 Å². The molecule has 0 saturated carbocycles. The number of anilines is 1. The third-order valence-electron chi connectivity index (χ3n) is 3.92. The molecule has 128 valence electrons. The summed E-state index contributed by atoms with van der Waals surface area (Å²) in [7, 11) is 0. The summed E-state index contributed by atoms with van der Waals surface area (Å²) in [4.78, 5) is 38.4. The number of halogens is 1. The first kappa shape index (κ1) is 17.4. The second kappa shape index (κ2) is 7.19. The Hall–Kier alpha value is -2.47. The number of rotatable bonds is 5. The molecule has 2 aromatic rings. The number of hydrogen-bond acceptors (Lipinski definition) is 4. The molecule has 0 bridgehead atoms. The maximum Gasteiger partial charge on any atom is 0.338 e. The van der Waals surface area contributed by atoms with Gasteiger partial charge in [0.2, 0.25) is 0 Å². The van der Waals surface area contributed by atoms with Gasteiger partial charge < -0.3 is 4.74 Å². The van der Waals surface area contributed by atoms with Gasteiger partial charge in [0.15, 0.2) is 0 Å². The van der Waals surface area contributed by atoms with Crippen LogP contribution in [0.5, 0.6) is 0 Å². The van der Waals surface area contributed by atoms with E-state index in [4.69, 9.17) is 4.74 Å². The van der Waals surface area contributed by atoms with Crippen LogP contribution >= 0.6 is 15.9 Å². The van der Waals surface area contributed by atoms with Gasteiger partial charge in [-0.05, 0) is 42.8 Å². The highest BCUT2D eigenvalue weighted by atomic mass is 79.9. The van der Waals surface area contributed by atoms with Crippen LogP contribution in [0, 0.1) is 0 Å². The van der Waals surface area contributed by atoms with Crippen molar-refractivity contribution in [2.24, 2.45) is 0 Å². The molecule has 0 aromatic heterocycles. The molecule has 0 radical (unpaired) electrons. The molecular weight excluding hydrogens is 386 g/mol. The van der Waals surface area contributed by atoms with Gasteiger partial charge >= 0.3 is 5.97 Å². The maximum atomic E-state index is 12.6. The summed E-state index contributed by atoms with van der Waals surface area (Å²) in [5, 5.41) is 0. The number of hydrogen-bond donors (Lipinski definition) is 0. The Balaban J connectivity index is 1.88. The summed E-state index contributed by atoms with van der Waals surface area (Å²) in [5.41, 5.74) is 1.36. The smallest absolute Gasteiger partial charge is 0.338 e. The predicted molar refractivity (Wildman–Crippen MR) is 96.9 cm³/mol. The van der Waals surface area contributed by atoms with Crippen molar-refractivity contribution in [1.29, 1.82) is 0 Å². The number of carbonyl (C=O) groups is 3. The number of fused-ring (bicyclic) bond motifs is 1. The summed E-state index contributed by atoms with van der Waals surface area (Å²) in [5.74, 6) is -1.27. The summed E-state index contributed by atoms with van der Waals surface area (Å²) >= 11 is 3.31. The number of unbranched alkanes of at least 4 members (excludes halogenated alkanes) is 1. The standard InChI is InChI=1S/C19H16BrNO4/c1-2-3-9-25-19(24)12-5-4-6-14(10-12)21-17(22)15-8-7-13(20)11-16(15)18(21)23/h4-8,10-11H,2-3,9H2,1H3. The van der Waals surface area contributed by atoms with E-state index in [1.54, 1.807) is 36.4 Å². The normalized spacial score (nSPS) is 13.1. The Morgan fingerprint density at radius 3 is 2.60 bits per heavy atom. The minimum atomic E-state index is -0.463. The van der Waals surface area contributed by atoms with Crippen molar-refractivity contribution in [3.8, 4) is 0 Å². The average Bonchev–Trinajstić information content (AvgIpc) is 2.85. The number of nitrogens with zero attached hydrogens (tertiary/aromatic N) is 1. The van der Waals surface area contributed by atoms with Gasteiger partial charge in [0, 0.05) is 4.47 Å². The maximum absolute atomic E-state index is 12.6. The zero-order valence-corrected chi connectivity index (χ0v) is 15.2. The fraction of sp³-hybridized carbons (Fsp3) is 0.211. The molecule has 0 unspecified atom stereocenters. The zero-order chi connectivity index (χ0) is 18.0. The first-order chi connectivity index (χ1) is 12.0. The molecule has 1 aliphatic heterocycles. The predicted octanol–water partition coefficient (Wildman–Crippen LogP) is 4.21. The molecule has 0 fully saturated rings. The largest absolute Gasteiger partial charge is 0.462 e. The monoisotopic (exact) mass is 401 g/mol. The molecule has 3 rings (SSSR count). The van der Waals surface area contributed by atoms with Crippen LogP contribution in [0.25, 0.3) is 0 Å². The number of carbonyl (C=O) groups excluding carboxylic acids is 3. The van der Waals surface area contributed by atoms with E-state index in [1.165, 1.54) is 6.07 Å². The molecular formula is C19H16BrNO4. The Kier molecular flexibility index (Phi) is 4.99. The highest BCUT2D eigenvalue weighted by Crippen LogP contribution is 2.30. The number of amides is 2. The fourth-order valence-corrected chi connectivity index (χ4v) is 2.97. The Morgan fingerprint density at radius 1 is 1.08 bits per heavy atom. The quantitative estimate of drug-likeness (QED) is 0.427. The molecule has 0 spiro atoms. The van der Waals surface area contributed by atoms with Crippen molar-refractivity contribution < 1.29 is 19.1 Å². The number of imide groups is 1. The Labute approximate surface area is 153 Å². The van der Waals surface area contributed by atoms with Crippen LogP contribution in [-0.4, -0.2) is 24.4 Å². The van der Waals surface area contributed by atoms with E-state index < -0.39 is 17.8 Å². The molecule has 1 heterocycles. The SMILES string of the molecule is CCCCOC(=O)c1cccc(N2C(=O)c3ccc(Br)cc3C2=O)c1. The lowest BCUT2D eigenvalue weighted by molar-refractivity contribution is 0.0499. The molecule has 0 saturated heterocycles. The van der Waals surface area contributed by atoms with Crippen molar-refractivity contribution in [2.45, 2.75) is 19.8 Å². The minimum absolute atomic E-state index is 0.311. The molecule has 2 amide bonds. The summed E-state index contributed by atoms with van der Waals surface area (Å²) < 4.78 is 5.91. The first-order valence-corrected chi connectivity index (χ1v) is 8.77. The average molecular weight is 402 g/mol. The third kappa shape index (κ3) is 3.35. The van der Waals surface area contributed by atoms with Gasteiger partial charge in [-0.1, -0.05) is 35.3 Å².